The number of fused-ring (bicyclic) bond motifs is 3. The molecule has 3 nitrogen and oxygen atoms in total. The Bertz CT molecular complexity index is 3230. The number of phenols is 1. The van der Waals surface area contributed by atoms with Crippen LogP contribution in [0.15, 0.2) is 239 Å². The van der Waals surface area contributed by atoms with Gasteiger partial charge in [0.25, 0.3) is 0 Å². The van der Waals surface area contributed by atoms with E-state index >= 15 is 0 Å². The molecule has 304 valence electrons. The number of phenolic OH excluding ortho intramolecular Hbond substituents is 1. The Kier molecular flexibility index (Phi) is 12.0. The van der Waals surface area contributed by atoms with E-state index in [4.69, 9.17) is 22.0 Å². The van der Waals surface area contributed by atoms with Crippen LogP contribution in [0.4, 0.5) is 0 Å². The lowest BCUT2D eigenvalue weighted by atomic mass is 9.91. The zero-order valence-corrected chi connectivity index (χ0v) is 35.8. The first kappa shape index (κ1) is 40.7. The molecule has 9 rings (SSSR count). The van der Waals surface area contributed by atoms with Crippen LogP contribution in [-0.2, 0) is 0 Å². The van der Waals surface area contributed by atoms with Crippen molar-refractivity contribution in [3.8, 4) is 39.1 Å². The predicted molar refractivity (Wildman–Crippen MR) is 270 cm³/mol. The van der Waals surface area contributed by atoms with Crippen LogP contribution in [0, 0.1) is 0 Å². The van der Waals surface area contributed by atoms with Gasteiger partial charge in [0.05, 0.1) is 12.3 Å². The molecule has 7 aromatic carbocycles. The van der Waals surface area contributed by atoms with Crippen molar-refractivity contribution in [1.29, 1.82) is 0 Å². The van der Waals surface area contributed by atoms with Crippen LogP contribution in [-0.4, -0.2) is 17.4 Å². The summed E-state index contributed by atoms with van der Waals surface area (Å²) in [6.45, 7) is 6.90. The van der Waals surface area contributed by atoms with Gasteiger partial charge in [-0.25, -0.2) is 0 Å². The van der Waals surface area contributed by atoms with Crippen LogP contribution in [0.25, 0.3) is 72.0 Å². The molecule has 0 saturated heterocycles. The molecule has 0 bridgehead atoms. The monoisotopic (exact) mass is 831 g/mol. The standard InChI is InChI=1S/C59H45NO2S/c1-3-16-44(33-40(2)51-20-11-13-22-56(51)61)48-34-49(47-28-30-58-54(38-47)52-21-12-14-23-57(52)62-58)36-50(35-48)55-39-45(19-8-5-4-6-15-32-60-55)41-24-26-42(27-25-41)46-29-31-59(63)53(37-46)43-17-9-7-10-18-43/h3-31,33-39,61,63H,2,32H2,1H3/b5-4-,15-6-,16-3-,19-8+,44-33+,45-39+,60-55?. The van der Waals surface area contributed by atoms with Crippen LogP contribution in [0.5, 0.6) is 5.75 Å². The fourth-order valence-electron chi connectivity index (χ4n) is 8.03. The molecular weight excluding hydrogens is 787 g/mol. The van der Waals surface area contributed by atoms with Crippen molar-refractivity contribution in [1.82, 2.24) is 0 Å². The van der Waals surface area contributed by atoms with Crippen LogP contribution in [0.3, 0.4) is 0 Å². The normalized spacial score (nSPS) is 15.7. The molecule has 1 aromatic heterocycles. The van der Waals surface area contributed by atoms with Gasteiger partial charge in [0.2, 0.25) is 0 Å². The Morgan fingerprint density at radius 3 is 2.17 bits per heavy atom. The summed E-state index contributed by atoms with van der Waals surface area (Å²) in [6, 6.07) is 54.1. The number of nitrogens with zero attached hydrogens (tertiary/aromatic N) is 1. The lowest BCUT2D eigenvalue weighted by Gasteiger charge is -2.14. The average molecular weight is 832 g/mol. The largest absolute Gasteiger partial charge is 0.507 e. The van der Waals surface area contributed by atoms with E-state index in [1.54, 1.807) is 6.07 Å². The summed E-state index contributed by atoms with van der Waals surface area (Å²) in [5.74, 6) is 0.189. The number of hydrogen-bond acceptors (Lipinski definition) is 4. The number of rotatable bonds is 9. The van der Waals surface area contributed by atoms with Crippen molar-refractivity contribution in [2.75, 3.05) is 6.54 Å². The zero-order valence-electron chi connectivity index (χ0n) is 34.9. The van der Waals surface area contributed by atoms with E-state index in [2.05, 4.69) is 146 Å². The molecule has 1 N–H and O–H groups in total. The smallest absolute Gasteiger partial charge is 0.135 e. The lowest BCUT2D eigenvalue weighted by Crippen LogP contribution is -2.02. The minimum absolute atomic E-state index is 0.189. The van der Waals surface area contributed by atoms with E-state index < -0.39 is 0 Å². The first-order valence-electron chi connectivity index (χ1n) is 21.1. The minimum atomic E-state index is 0.189. The van der Waals surface area contributed by atoms with Gasteiger partial charge in [-0.3, -0.25) is 4.99 Å². The van der Waals surface area contributed by atoms with Crippen LogP contribution in [0.1, 0.15) is 29.2 Å². The second-order valence-electron chi connectivity index (χ2n) is 15.4. The molecule has 4 heteroatoms. The summed E-state index contributed by atoms with van der Waals surface area (Å²) in [7, 11) is 0. The fraction of sp³-hybridized carbons (Fsp3) is 0.0339. The van der Waals surface area contributed by atoms with Crippen molar-refractivity contribution in [3.05, 3.63) is 247 Å². The summed E-state index contributed by atoms with van der Waals surface area (Å²) in [6.07, 6.45) is 20.8. The van der Waals surface area contributed by atoms with Crippen LogP contribution < -0.4 is 0 Å². The number of hydrogen-bond donors (Lipinski definition) is 2. The number of aromatic hydroxyl groups is 1. The highest BCUT2D eigenvalue weighted by Gasteiger charge is 2.15. The van der Waals surface area contributed by atoms with Crippen molar-refractivity contribution in [2.24, 2.45) is 4.99 Å². The SMILES string of the molecule is C=C(/C=C(\C=C/C)c1cc(C2=NC\C=C/C=C\C=C\C(c3ccc(-c4ccc(S)c(-c5ccccc5)c4)cc3)=C/2)cc(-c2ccc3oc4ccccc4c3c2)c1)c1ccccc1O. The van der Waals surface area contributed by atoms with Gasteiger partial charge < -0.3 is 9.52 Å². The third-order valence-electron chi connectivity index (χ3n) is 11.2. The Morgan fingerprint density at radius 1 is 0.635 bits per heavy atom. The van der Waals surface area contributed by atoms with Gasteiger partial charge in [-0.1, -0.05) is 158 Å². The highest BCUT2D eigenvalue weighted by Crippen LogP contribution is 2.37. The molecule has 63 heavy (non-hydrogen) atoms. The van der Waals surface area contributed by atoms with Crippen molar-refractivity contribution in [2.45, 2.75) is 11.8 Å². The maximum atomic E-state index is 10.8. The third kappa shape index (κ3) is 9.04. The van der Waals surface area contributed by atoms with Crippen molar-refractivity contribution in [3.63, 3.8) is 0 Å². The minimum Gasteiger partial charge on any atom is -0.507 e. The molecule has 0 saturated carbocycles. The number of para-hydroxylation sites is 2. The van der Waals surface area contributed by atoms with Crippen LogP contribution >= 0.6 is 12.6 Å². The fourth-order valence-corrected chi connectivity index (χ4v) is 8.29. The second-order valence-corrected chi connectivity index (χ2v) is 15.9. The number of allylic oxidation sites excluding steroid dienone is 12. The van der Waals surface area contributed by atoms with E-state index in [9.17, 15) is 5.11 Å². The van der Waals surface area contributed by atoms with E-state index in [-0.39, 0.29) is 5.75 Å². The molecule has 0 atom stereocenters. The summed E-state index contributed by atoms with van der Waals surface area (Å²) in [5.41, 5.74) is 15.5. The van der Waals surface area contributed by atoms with Crippen molar-refractivity contribution < 1.29 is 9.52 Å². The molecular formula is C59H45NO2S. The zero-order chi connectivity index (χ0) is 43.1. The molecule has 0 spiro atoms. The van der Waals surface area contributed by atoms with Gasteiger partial charge in [-0.2, -0.15) is 0 Å². The molecule has 0 fully saturated rings. The highest BCUT2D eigenvalue weighted by molar-refractivity contribution is 7.80. The Hall–Kier alpha value is -7.66. The Balaban J connectivity index is 1.17. The van der Waals surface area contributed by atoms with Gasteiger partial charge in [0.15, 0.2) is 0 Å². The van der Waals surface area contributed by atoms with Gasteiger partial charge >= 0.3 is 0 Å². The lowest BCUT2D eigenvalue weighted by molar-refractivity contribution is 0.474. The molecule has 0 amide bonds. The summed E-state index contributed by atoms with van der Waals surface area (Å²) in [5, 5.41) is 12.9. The van der Waals surface area contributed by atoms with E-state index in [1.807, 2.05) is 79.8 Å². The van der Waals surface area contributed by atoms with E-state index in [0.29, 0.717) is 17.7 Å². The first-order valence-corrected chi connectivity index (χ1v) is 21.5. The van der Waals surface area contributed by atoms with Gasteiger partial charge in [0.1, 0.15) is 16.9 Å². The van der Waals surface area contributed by atoms with Crippen LogP contribution in [0.2, 0.25) is 0 Å². The van der Waals surface area contributed by atoms with Crippen molar-refractivity contribution >= 4 is 57.0 Å². The summed E-state index contributed by atoms with van der Waals surface area (Å²) >= 11 is 4.79. The topological polar surface area (TPSA) is 45.7 Å². The molecule has 8 aromatic rings. The molecule has 0 aliphatic carbocycles. The molecule has 0 unspecified atom stereocenters. The quantitative estimate of drug-likeness (QED) is 0.112. The maximum absolute atomic E-state index is 10.8. The second kappa shape index (κ2) is 18.5. The van der Waals surface area contributed by atoms with E-state index in [0.717, 1.165) is 93.8 Å². The predicted octanol–water partition coefficient (Wildman–Crippen LogP) is 15.8. The van der Waals surface area contributed by atoms with Gasteiger partial charge in [-0.05, 0) is 135 Å². The number of thiol groups is 1. The number of aliphatic imine (C=N–C) groups is 1. The van der Waals surface area contributed by atoms with Gasteiger partial charge in [0, 0.05) is 26.8 Å². The van der Waals surface area contributed by atoms with E-state index in [1.165, 1.54) is 0 Å². The Labute approximate surface area is 374 Å². The maximum Gasteiger partial charge on any atom is 0.135 e. The number of furan rings is 1. The summed E-state index contributed by atoms with van der Waals surface area (Å²) < 4.78 is 6.23. The molecule has 2 heterocycles. The molecule has 0 radical (unpaired) electrons. The summed E-state index contributed by atoms with van der Waals surface area (Å²) in [4.78, 5) is 6.19. The Morgan fingerprint density at radius 2 is 1.33 bits per heavy atom. The first-order chi connectivity index (χ1) is 30.9. The van der Waals surface area contributed by atoms with Gasteiger partial charge in [-0.15, -0.1) is 12.6 Å². The highest BCUT2D eigenvalue weighted by atomic mass is 32.1. The molecule has 1 aliphatic heterocycles. The average Bonchev–Trinajstić information content (AvgIpc) is 3.67. The molecule has 1 aliphatic rings. The third-order valence-corrected chi connectivity index (χ3v) is 11.6. The number of benzene rings is 7.